The van der Waals surface area contributed by atoms with E-state index in [0.29, 0.717) is 5.57 Å². The number of amides is 2. The largest absolute Gasteiger partial charge is 0.472 e. The zero-order chi connectivity index (χ0) is 9.26. The van der Waals surface area contributed by atoms with E-state index in [0.717, 1.165) is 5.56 Å². The van der Waals surface area contributed by atoms with E-state index in [-0.39, 0.29) is 18.2 Å². The molecule has 1 aliphatic rings. The van der Waals surface area contributed by atoms with Gasteiger partial charge in [0.15, 0.2) is 0 Å². The number of nitrogens with one attached hydrogen (secondary N) is 1. The van der Waals surface area contributed by atoms with Gasteiger partial charge in [-0.3, -0.25) is 14.9 Å². The van der Waals surface area contributed by atoms with Gasteiger partial charge < -0.3 is 4.42 Å². The third-order valence-electron chi connectivity index (χ3n) is 1.78. The summed E-state index contributed by atoms with van der Waals surface area (Å²) in [6.45, 7) is 0. The van der Waals surface area contributed by atoms with Crippen LogP contribution >= 0.6 is 0 Å². The summed E-state index contributed by atoms with van der Waals surface area (Å²) in [5.74, 6) is -0.564. The van der Waals surface area contributed by atoms with Crippen molar-refractivity contribution in [3.8, 4) is 0 Å². The predicted octanol–water partition coefficient (Wildman–Crippen LogP) is 0.710. The molecule has 0 spiro atoms. The van der Waals surface area contributed by atoms with E-state index in [9.17, 15) is 9.59 Å². The van der Waals surface area contributed by atoms with E-state index in [1.54, 1.807) is 12.1 Å². The van der Waals surface area contributed by atoms with Crippen molar-refractivity contribution in [2.24, 2.45) is 0 Å². The number of carbonyl (C=O) groups is 2. The highest BCUT2D eigenvalue weighted by Crippen LogP contribution is 2.14. The molecule has 2 rings (SSSR count). The fraction of sp³-hybridized carbons (Fsp3) is 0.111. The molecule has 0 unspecified atom stereocenters. The summed E-state index contributed by atoms with van der Waals surface area (Å²) in [6, 6.07) is 1.73. The number of furan rings is 1. The highest BCUT2D eigenvalue weighted by Gasteiger charge is 2.23. The summed E-state index contributed by atoms with van der Waals surface area (Å²) >= 11 is 0. The van der Waals surface area contributed by atoms with Gasteiger partial charge in [-0.15, -0.1) is 0 Å². The Bertz CT molecular complexity index is 376. The Morgan fingerprint density at radius 2 is 2.31 bits per heavy atom. The number of hydrogen-bond donors (Lipinski definition) is 1. The minimum atomic E-state index is -0.314. The molecule has 1 aromatic heterocycles. The Kier molecular flexibility index (Phi) is 1.73. The Hall–Kier alpha value is -1.84. The average Bonchev–Trinajstić information content (AvgIpc) is 2.63. The summed E-state index contributed by atoms with van der Waals surface area (Å²) in [5, 5.41) is 2.20. The molecule has 1 fully saturated rings. The number of hydrogen-bond acceptors (Lipinski definition) is 3. The lowest BCUT2D eigenvalue weighted by Gasteiger charge is -1.88. The molecule has 13 heavy (non-hydrogen) atoms. The van der Waals surface area contributed by atoms with Gasteiger partial charge >= 0.3 is 0 Å². The monoisotopic (exact) mass is 177 g/mol. The summed E-state index contributed by atoms with van der Waals surface area (Å²) in [7, 11) is 0. The van der Waals surface area contributed by atoms with Crippen LogP contribution in [0.25, 0.3) is 6.08 Å². The van der Waals surface area contributed by atoms with Gasteiger partial charge in [0.1, 0.15) is 0 Å². The van der Waals surface area contributed by atoms with Crippen LogP contribution in [0.1, 0.15) is 12.0 Å². The lowest BCUT2D eigenvalue weighted by atomic mass is 10.1. The maximum Gasteiger partial charge on any atom is 0.254 e. The maximum atomic E-state index is 11.1. The van der Waals surface area contributed by atoms with Crippen molar-refractivity contribution >= 4 is 17.9 Å². The molecule has 1 aliphatic heterocycles. The first-order valence-electron chi connectivity index (χ1n) is 3.82. The standard InChI is InChI=1S/C9H7NO3/c11-8-4-7(9(12)10-8)3-6-1-2-13-5-6/h1-3,5H,4H2,(H,10,11,12)/b7-3-. The number of rotatable bonds is 1. The zero-order valence-electron chi connectivity index (χ0n) is 6.74. The molecule has 0 saturated carbocycles. The van der Waals surface area contributed by atoms with Crippen LogP contribution in [0.3, 0.4) is 0 Å². The molecule has 2 amide bonds. The molecule has 1 aromatic rings. The van der Waals surface area contributed by atoms with Crippen molar-refractivity contribution in [3.05, 3.63) is 29.7 Å². The number of carbonyl (C=O) groups excluding carboxylic acids is 2. The fourth-order valence-corrected chi connectivity index (χ4v) is 1.18. The normalized spacial score (nSPS) is 19.5. The first-order chi connectivity index (χ1) is 6.25. The van der Waals surface area contributed by atoms with Gasteiger partial charge in [0.25, 0.3) is 5.91 Å². The molecule has 1 saturated heterocycles. The van der Waals surface area contributed by atoms with Crippen LogP contribution in [-0.2, 0) is 9.59 Å². The van der Waals surface area contributed by atoms with Crippen LogP contribution in [0.2, 0.25) is 0 Å². The lowest BCUT2D eigenvalue weighted by molar-refractivity contribution is -0.124. The highest BCUT2D eigenvalue weighted by molar-refractivity contribution is 6.15. The van der Waals surface area contributed by atoms with E-state index in [4.69, 9.17) is 4.42 Å². The fourth-order valence-electron chi connectivity index (χ4n) is 1.18. The van der Waals surface area contributed by atoms with Gasteiger partial charge in [0.2, 0.25) is 5.91 Å². The minimum absolute atomic E-state index is 0.157. The second-order valence-corrected chi connectivity index (χ2v) is 2.78. The molecule has 0 bridgehead atoms. The Labute approximate surface area is 74.2 Å². The molecule has 2 heterocycles. The topological polar surface area (TPSA) is 59.3 Å². The molecule has 0 radical (unpaired) electrons. The Balaban J connectivity index is 2.27. The summed E-state index contributed by atoms with van der Waals surface area (Å²) in [4.78, 5) is 21.9. The molecule has 0 aromatic carbocycles. The molecular formula is C9H7NO3. The van der Waals surface area contributed by atoms with Crippen LogP contribution in [0, 0.1) is 0 Å². The number of imide groups is 1. The third kappa shape index (κ3) is 1.51. The van der Waals surface area contributed by atoms with E-state index < -0.39 is 0 Å². The first kappa shape index (κ1) is 7.79. The summed E-state index contributed by atoms with van der Waals surface area (Å²) in [5.41, 5.74) is 1.27. The van der Waals surface area contributed by atoms with Gasteiger partial charge in [-0.1, -0.05) is 0 Å². The van der Waals surface area contributed by atoms with E-state index in [2.05, 4.69) is 5.32 Å². The predicted molar refractivity (Wildman–Crippen MR) is 44.5 cm³/mol. The van der Waals surface area contributed by atoms with Crippen molar-refractivity contribution in [2.75, 3.05) is 0 Å². The van der Waals surface area contributed by atoms with Crippen molar-refractivity contribution in [1.82, 2.24) is 5.32 Å². The molecular weight excluding hydrogens is 170 g/mol. The molecule has 66 valence electrons. The first-order valence-corrected chi connectivity index (χ1v) is 3.82. The molecule has 1 N–H and O–H groups in total. The van der Waals surface area contributed by atoms with Crippen LogP contribution in [0.15, 0.2) is 28.6 Å². The second kappa shape index (κ2) is 2.90. The zero-order valence-corrected chi connectivity index (χ0v) is 6.74. The maximum absolute atomic E-state index is 11.1. The average molecular weight is 177 g/mol. The van der Waals surface area contributed by atoms with Crippen LogP contribution in [-0.4, -0.2) is 11.8 Å². The van der Waals surface area contributed by atoms with E-state index in [1.165, 1.54) is 12.5 Å². The SMILES string of the molecule is O=C1C/C(=C/c2ccoc2)C(=O)N1. The summed E-state index contributed by atoms with van der Waals surface area (Å²) in [6.07, 6.45) is 4.83. The van der Waals surface area contributed by atoms with Crippen molar-refractivity contribution in [3.63, 3.8) is 0 Å². The van der Waals surface area contributed by atoms with Crippen LogP contribution in [0.4, 0.5) is 0 Å². The third-order valence-corrected chi connectivity index (χ3v) is 1.78. The molecule has 0 atom stereocenters. The van der Waals surface area contributed by atoms with E-state index >= 15 is 0 Å². The molecule has 4 heteroatoms. The van der Waals surface area contributed by atoms with Crippen LogP contribution in [0.5, 0.6) is 0 Å². The summed E-state index contributed by atoms with van der Waals surface area (Å²) < 4.78 is 4.83. The van der Waals surface area contributed by atoms with Gasteiger partial charge in [-0.25, -0.2) is 0 Å². The molecule has 4 nitrogen and oxygen atoms in total. The quantitative estimate of drug-likeness (QED) is 0.507. The van der Waals surface area contributed by atoms with Gasteiger partial charge in [-0.2, -0.15) is 0 Å². The van der Waals surface area contributed by atoms with Gasteiger partial charge in [-0.05, 0) is 12.1 Å². The smallest absolute Gasteiger partial charge is 0.254 e. The van der Waals surface area contributed by atoms with Crippen molar-refractivity contribution in [2.45, 2.75) is 6.42 Å². The van der Waals surface area contributed by atoms with Crippen molar-refractivity contribution in [1.29, 1.82) is 0 Å². The Morgan fingerprint density at radius 1 is 1.46 bits per heavy atom. The second-order valence-electron chi connectivity index (χ2n) is 2.78. The minimum Gasteiger partial charge on any atom is -0.472 e. The van der Waals surface area contributed by atoms with Crippen molar-refractivity contribution < 1.29 is 14.0 Å². The lowest BCUT2D eigenvalue weighted by Crippen LogP contribution is -2.19. The molecule has 0 aliphatic carbocycles. The van der Waals surface area contributed by atoms with Crippen LogP contribution < -0.4 is 5.32 Å². The van der Waals surface area contributed by atoms with Gasteiger partial charge in [0.05, 0.1) is 18.9 Å². The van der Waals surface area contributed by atoms with E-state index in [1.807, 2.05) is 0 Å². The van der Waals surface area contributed by atoms with Gasteiger partial charge in [0, 0.05) is 11.1 Å². The highest BCUT2D eigenvalue weighted by atomic mass is 16.3. The Morgan fingerprint density at radius 3 is 2.85 bits per heavy atom.